The predicted octanol–water partition coefficient (Wildman–Crippen LogP) is 2.41. The van der Waals surface area contributed by atoms with Crippen molar-refractivity contribution < 1.29 is 9.72 Å². The van der Waals surface area contributed by atoms with E-state index in [0.29, 0.717) is 12.1 Å². The average molecular weight is 262 g/mol. The molecule has 1 aromatic rings. The molecule has 1 atom stereocenters. The highest BCUT2D eigenvalue weighted by atomic mass is 16.6. The number of carbonyl (C=O) groups excluding carboxylic acids is 1. The minimum absolute atomic E-state index is 0.0955. The third-order valence-electron chi connectivity index (χ3n) is 2.48. The molecule has 1 rings (SSSR count). The Morgan fingerprint density at radius 2 is 2.32 bits per heavy atom. The monoisotopic (exact) mass is 262 g/mol. The molecular formula is C12H14N4O3. The molecule has 1 unspecified atom stereocenters. The summed E-state index contributed by atoms with van der Waals surface area (Å²) in [5.41, 5.74) is 0.236. The number of urea groups is 1. The number of non-ortho nitro benzene ring substituents is 1. The second kappa shape index (κ2) is 6.96. The minimum Gasteiger partial charge on any atom is -0.334 e. The van der Waals surface area contributed by atoms with Crippen LogP contribution in [0.2, 0.25) is 0 Å². The minimum atomic E-state index is -0.534. The fraction of sp³-hybridized carbons (Fsp3) is 0.333. The van der Waals surface area contributed by atoms with Gasteiger partial charge in [0.15, 0.2) is 0 Å². The van der Waals surface area contributed by atoms with Crippen molar-refractivity contribution in [3.8, 4) is 6.07 Å². The van der Waals surface area contributed by atoms with Crippen LogP contribution in [0.3, 0.4) is 0 Å². The SMILES string of the molecule is CCC(CC#N)NC(=O)Nc1cccc([N+](=O)[O-])c1. The number of hydrogen-bond acceptors (Lipinski definition) is 4. The van der Waals surface area contributed by atoms with E-state index in [0.717, 1.165) is 0 Å². The molecule has 0 saturated carbocycles. The summed E-state index contributed by atoms with van der Waals surface area (Å²) < 4.78 is 0. The van der Waals surface area contributed by atoms with Gasteiger partial charge in [-0.3, -0.25) is 10.1 Å². The Balaban J connectivity index is 2.64. The summed E-state index contributed by atoms with van der Waals surface area (Å²) >= 11 is 0. The number of nitro groups is 1. The van der Waals surface area contributed by atoms with Gasteiger partial charge in [0.05, 0.1) is 17.4 Å². The number of nitrogens with one attached hydrogen (secondary N) is 2. The Kier molecular flexibility index (Phi) is 5.29. The van der Waals surface area contributed by atoms with Crippen molar-refractivity contribution in [2.75, 3.05) is 5.32 Å². The Morgan fingerprint density at radius 3 is 2.89 bits per heavy atom. The molecule has 19 heavy (non-hydrogen) atoms. The smallest absolute Gasteiger partial charge is 0.319 e. The third kappa shape index (κ3) is 4.63. The van der Waals surface area contributed by atoms with Crippen molar-refractivity contribution in [2.45, 2.75) is 25.8 Å². The largest absolute Gasteiger partial charge is 0.334 e. The van der Waals surface area contributed by atoms with Gasteiger partial charge in [-0.1, -0.05) is 13.0 Å². The molecule has 0 aromatic heterocycles. The number of benzene rings is 1. The predicted molar refractivity (Wildman–Crippen MR) is 69.6 cm³/mol. The van der Waals surface area contributed by atoms with Gasteiger partial charge in [-0.15, -0.1) is 0 Å². The highest BCUT2D eigenvalue weighted by Crippen LogP contribution is 2.16. The fourth-order valence-electron chi connectivity index (χ4n) is 1.46. The van der Waals surface area contributed by atoms with Crippen molar-refractivity contribution in [2.24, 2.45) is 0 Å². The summed E-state index contributed by atoms with van der Waals surface area (Å²) in [6.07, 6.45) is 0.856. The lowest BCUT2D eigenvalue weighted by Gasteiger charge is -2.14. The van der Waals surface area contributed by atoms with E-state index < -0.39 is 11.0 Å². The number of carbonyl (C=O) groups is 1. The van der Waals surface area contributed by atoms with Crippen molar-refractivity contribution in [3.05, 3.63) is 34.4 Å². The maximum atomic E-state index is 11.6. The zero-order chi connectivity index (χ0) is 14.3. The van der Waals surface area contributed by atoms with E-state index in [-0.39, 0.29) is 18.2 Å². The van der Waals surface area contributed by atoms with E-state index in [2.05, 4.69) is 10.6 Å². The quantitative estimate of drug-likeness (QED) is 0.627. The van der Waals surface area contributed by atoms with Gasteiger partial charge >= 0.3 is 6.03 Å². The van der Waals surface area contributed by atoms with Crippen LogP contribution in [-0.2, 0) is 0 Å². The van der Waals surface area contributed by atoms with E-state index in [1.807, 2.05) is 13.0 Å². The summed E-state index contributed by atoms with van der Waals surface area (Å²) in [7, 11) is 0. The molecule has 0 radical (unpaired) electrons. The van der Waals surface area contributed by atoms with Crippen molar-refractivity contribution >= 4 is 17.4 Å². The van der Waals surface area contributed by atoms with E-state index in [4.69, 9.17) is 5.26 Å². The molecule has 7 nitrogen and oxygen atoms in total. The van der Waals surface area contributed by atoms with Crippen LogP contribution < -0.4 is 10.6 Å². The molecule has 7 heteroatoms. The zero-order valence-electron chi connectivity index (χ0n) is 10.4. The summed E-state index contributed by atoms with van der Waals surface area (Å²) in [4.78, 5) is 21.7. The first kappa shape index (κ1) is 14.4. The number of amides is 2. The molecule has 0 bridgehead atoms. The number of rotatable bonds is 5. The summed E-state index contributed by atoms with van der Waals surface area (Å²) in [6, 6.07) is 6.91. The Morgan fingerprint density at radius 1 is 1.58 bits per heavy atom. The lowest BCUT2D eigenvalue weighted by atomic mass is 10.2. The van der Waals surface area contributed by atoms with Gasteiger partial charge in [-0.2, -0.15) is 5.26 Å². The van der Waals surface area contributed by atoms with Crippen LogP contribution in [0, 0.1) is 21.4 Å². The fourth-order valence-corrected chi connectivity index (χ4v) is 1.46. The summed E-state index contributed by atoms with van der Waals surface area (Å²) in [6.45, 7) is 1.86. The van der Waals surface area contributed by atoms with Gasteiger partial charge < -0.3 is 10.6 Å². The molecule has 100 valence electrons. The maximum Gasteiger partial charge on any atom is 0.319 e. The zero-order valence-corrected chi connectivity index (χ0v) is 10.4. The molecule has 0 fully saturated rings. The van der Waals surface area contributed by atoms with Crippen LogP contribution in [0.5, 0.6) is 0 Å². The Bertz CT molecular complexity index is 510. The second-order valence-corrected chi connectivity index (χ2v) is 3.87. The molecule has 0 aliphatic rings. The van der Waals surface area contributed by atoms with E-state index in [1.165, 1.54) is 18.2 Å². The highest BCUT2D eigenvalue weighted by molar-refractivity contribution is 5.89. The summed E-state index contributed by atoms with van der Waals surface area (Å²) in [5, 5.41) is 24.3. The average Bonchev–Trinajstić information content (AvgIpc) is 2.38. The first-order valence-corrected chi connectivity index (χ1v) is 5.75. The van der Waals surface area contributed by atoms with E-state index in [1.54, 1.807) is 6.07 Å². The van der Waals surface area contributed by atoms with Crippen molar-refractivity contribution in [1.82, 2.24) is 5.32 Å². The Hall–Kier alpha value is -2.62. The van der Waals surface area contributed by atoms with Gasteiger partial charge in [-0.05, 0) is 12.5 Å². The lowest BCUT2D eigenvalue weighted by molar-refractivity contribution is -0.384. The van der Waals surface area contributed by atoms with Crippen molar-refractivity contribution in [3.63, 3.8) is 0 Å². The molecule has 0 spiro atoms. The van der Waals surface area contributed by atoms with E-state index in [9.17, 15) is 14.9 Å². The summed E-state index contributed by atoms with van der Waals surface area (Å²) in [5.74, 6) is 0. The molecule has 0 saturated heterocycles. The highest BCUT2D eigenvalue weighted by Gasteiger charge is 2.11. The van der Waals surface area contributed by atoms with Crippen LogP contribution in [-0.4, -0.2) is 17.0 Å². The number of anilines is 1. The molecule has 0 heterocycles. The first-order valence-electron chi connectivity index (χ1n) is 5.75. The molecule has 2 amide bonds. The van der Waals surface area contributed by atoms with Gasteiger partial charge in [0.1, 0.15) is 0 Å². The molecule has 1 aromatic carbocycles. The number of nitro benzene ring substituents is 1. The van der Waals surface area contributed by atoms with Gasteiger partial charge in [0.25, 0.3) is 5.69 Å². The number of nitrogens with zero attached hydrogens (tertiary/aromatic N) is 2. The maximum absolute atomic E-state index is 11.6. The first-order chi connectivity index (χ1) is 9.06. The van der Waals surface area contributed by atoms with Gasteiger partial charge in [-0.25, -0.2) is 4.79 Å². The van der Waals surface area contributed by atoms with Crippen LogP contribution in [0.4, 0.5) is 16.2 Å². The van der Waals surface area contributed by atoms with Crippen LogP contribution in [0.25, 0.3) is 0 Å². The van der Waals surface area contributed by atoms with Gasteiger partial charge in [0.2, 0.25) is 0 Å². The number of nitriles is 1. The standard InChI is InChI=1S/C12H14N4O3/c1-2-9(6-7-13)14-12(17)15-10-4-3-5-11(8-10)16(18)19/h3-5,8-9H,2,6H2,1H3,(H2,14,15,17). The van der Waals surface area contributed by atoms with Crippen LogP contribution in [0.15, 0.2) is 24.3 Å². The van der Waals surface area contributed by atoms with Crippen LogP contribution in [0.1, 0.15) is 19.8 Å². The topological polar surface area (TPSA) is 108 Å². The second-order valence-electron chi connectivity index (χ2n) is 3.87. The normalized spacial score (nSPS) is 11.2. The van der Waals surface area contributed by atoms with E-state index >= 15 is 0 Å². The molecular weight excluding hydrogens is 248 g/mol. The Labute approximate surface area is 110 Å². The number of hydrogen-bond donors (Lipinski definition) is 2. The van der Waals surface area contributed by atoms with Gasteiger partial charge in [0, 0.05) is 23.9 Å². The lowest BCUT2D eigenvalue weighted by Crippen LogP contribution is -2.37. The molecule has 0 aliphatic carbocycles. The molecule has 0 aliphatic heterocycles. The third-order valence-corrected chi connectivity index (χ3v) is 2.48. The molecule has 2 N–H and O–H groups in total. The van der Waals surface area contributed by atoms with Crippen LogP contribution >= 0.6 is 0 Å². The van der Waals surface area contributed by atoms with Crippen molar-refractivity contribution in [1.29, 1.82) is 5.26 Å².